The van der Waals surface area contributed by atoms with E-state index in [-0.39, 0.29) is 0 Å². The molecule has 0 amide bonds. The molecule has 2 aromatic rings. The monoisotopic (exact) mass is 356 g/mol. The van der Waals surface area contributed by atoms with Crippen LogP contribution < -0.4 is 9.47 Å². The van der Waals surface area contributed by atoms with Crippen LogP contribution in [0.2, 0.25) is 5.02 Å². The molecule has 20 heavy (non-hydrogen) atoms. The maximum absolute atomic E-state index is 10.4. The Bertz CT molecular complexity index is 596. The quantitative estimate of drug-likeness (QED) is 0.891. The summed E-state index contributed by atoms with van der Waals surface area (Å²) in [5.41, 5.74) is 1.41. The van der Waals surface area contributed by atoms with Crippen LogP contribution in [0.15, 0.2) is 40.9 Å². The molecule has 0 radical (unpaired) electrons. The first kappa shape index (κ1) is 15.2. The molecule has 1 atom stereocenters. The van der Waals surface area contributed by atoms with Crippen LogP contribution in [-0.4, -0.2) is 19.3 Å². The summed E-state index contributed by atoms with van der Waals surface area (Å²) in [7, 11) is 3.13. The molecular weight excluding hydrogens is 344 g/mol. The van der Waals surface area contributed by atoms with Gasteiger partial charge in [0.2, 0.25) is 0 Å². The largest absolute Gasteiger partial charge is 0.493 e. The first-order valence-corrected chi connectivity index (χ1v) is 7.08. The molecule has 0 spiro atoms. The molecule has 2 aromatic carbocycles. The molecule has 0 saturated heterocycles. The van der Waals surface area contributed by atoms with Crippen LogP contribution in [0, 0.1) is 0 Å². The summed E-state index contributed by atoms with van der Waals surface area (Å²) in [5, 5.41) is 11.0. The highest BCUT2D eigenvalue weighted by Crippen LogP contribution is 2.33. The fraction of sp³-hybridized carbons (Fsp3) is 0.200. The molecule has 0 aliphatic carbocycles. The summed E-state index contributed by atoms with van der Waals surface area (Å²) in [6, 6.07) is 10.6. The number of halogens is 2. The highest BCUT2D eigenvalue weighted by molar-refractivity contribution is 9.10. The van der Waals surface area contributed by atoms with E-state index in [9.17, 15) is 5.11 Å². The van der Waals surface area contributed by atoms with E-state index in [4.69, 9.17) is 21.1 Å². The molecule has 0 saturated carbocycles. The molecule has 2 rings (SSSR count). The molecule has 0 fully saturated rings. The molecule has 0 aliphatic heterocycles. The highest BCUT2D eigenvalue weighted by atomic mass is 79.9. The number of hydrogen-bond acceptors (Lipinski definition) is 3. The van der Waals surface area contributed by atoms with Crippen molar-refractivity contribution >= 4 is 27.5 Å². The zero-order valence-electron chi connectivity index (χ0n) is 11.1. The van der Waals surface area contributed by atoms with E-state index in [1.807, 2.05) is 6.07 Å². The van der Waals surface area contributed by atoms with E-state index in [0.717, 1.165) is 4.47 Å². The van der Waals surface area contributed by atoms with Crippen LogP contribution in [0.5, 0.6) is 11.5 Å². The van der Waals surface area contributed by atoms with Gasteiger partial charge in [0.1, 0.15) is 6.10 Å². The van der Waals surface area contributed by atoms with Crippen molar-refractivity contribution in [2.75, 3.05) is 14.2 Å². The van der Waals surface area contributed by atoms with Crippen LogP contribution in [0.3, 0.4) is 0 Å². The lowest BCUT2D eigenvalue weighted by Crippen LogP contribution is -2.01. The lowest BCUT2D eigenvalue weighted by molar-refractivity contribution is 0.219. The molecule has 0 aromatic heterocycles. The molecule has 5 heteroatoms. The van der Waals surface area contributed by atoms with Crippen molar-refractivity contribution in [2.45, 2.75) is 6.10 Å². The van der Waals surface area contributed by atoms with E-state index in [1.165, 1.54) is 0 Å². The molecule has 106 valence electrons. The Morgan fingerprint density at radius 1 is 1.00 bits per heavy atom. The minimum absolute atomic E-state index is 0.564. The van der Waals surface area contributed by atoms with E-state index in [0.29, 0.717) is 27.6 Å². The van der Waals surface area contributed by atoms with Gasteiger partial charge in [-0.2, -0.15) is 0 Å². The van der Waals surface area contributed by atoms with Gasteiger partial charge in [0, 0.05) is 9.50 Å². The Balaban J connectivity index is 2.39. The number of hydrogen-bond donors (Lipinski definition) is 1. The number of methoxy groups -OCH3 is 2. The number of rotatable bonds is 4. The summed E-state index contributed by atoms with van der Waals surface area (Å²) in [5.74, 6) is 1.20. The third-order valence-electron chi connectivity index (χ3n) is 2.92. The molecule has 1 N–H and O–H groups in total. The Morgan fingerprint density at radius 3 is 2.30 bits per heavy atom. The van der Waals surface area contributed by atoms with Crippen molar-refractivity contribution in [1.29, 1.82) is 0 Å². The third kappa shape index (κ3) is 3.26. The van der Waals surface area contributed by atoms with E-state index in [1.54, 1.807) is 44.6 Å². The van der Waals surface area contributed by atoms with E-state index in [2.05, 4.69) is 15.9 Å². The van der Waals surface area contributed by atoms with E-state index >= 15 is 0 Å². The van der Waals surface area contributed by atoms with Crippen molar-refractivity contribution in [3.63, 3.8) is 0 Å². The van der Waals surface area contributed by atoms with Crippen LogP contribution in [0.4, 0.5) is 0 Å². The smallest absolute Gasteiger partial charge is 0.161 e. The average Bonchev–Trinajstić information content (AvgIpc) is 2.44. The van der Waals surface area contributed by atoms with Crippen molar-refractivity contribution in [3.8, 4) is 11.5 Å². The topological polar surface area (TPSA) is 38.7 Å². The van der Waals surface area contributed by atoms with Crippen molar-refractivity contribution in [2.24, 2.45) is 0 Å². The minimum Gasteiger partial charge on any atom is -0.493 e. The molecule has 1 unspecified atom stereocenters. The van der Waals surface area contributed by atoms with Crippen LogP contribution in [0.25, 0.3) is 0 Å². The summed E-state index contributed by atoms with van der Waals surface area (Å²) in [6.07, 6.45) is -0.787. The van der Waals surface area contributed by atoms with Crippen LogP contribution >= 0.6 is 27.5 Å². The maximum atomic E-state index is 10.4. The van der Waals surface area contributed by atoms with Gasteiger partial charge < -0.3 is 14.6 Å². The van der Waals surface area contributed by atoms with Gasteiger partial charge in [0.15, 0.2) is 11.5 Å². The second kappa shape index (κ2) is 6.48. The molecule has 0 aliphatic rings. The summed E-state index contributed by atoms with van der Waals surface area (Å²) < 4.78 is 11.2. The molecule has 3 nitrogen and oxygen atoms in total. The predicted octanol–water partition coefficient (Wildman–Crippen LogP) is 4.20. The lowest BCUT2D eigenvalue weighted by Gasteiger charge is -2.15. The third-order valence-corrected chi connectivity index (χ3v) is 3.60. The second-order valence-corrected chi connectivity index (χ2v) is 5.57. The number of benzene rings is 2. The van der Waals surface area contributed by atoms with Crippen molar-refractivity contribution < 1.29 is 14.6 Å². The lowest BCUT2D eigenvalue weighted by atomic mass is 10.0. The molecule has 0 bridgehead atoms. The van der Waals surface area contributed by atoms with Gasteiger partial charge in [-0.1, -0.05) is 33.6 Å². The van der Waals surface area contributed by atoms with Crippen LogP contribution in [-0.2, 0) is 0 Å². The van der Waals surface area contributed by atoms with Gasteiger partial charge in [-0.25, -0.2) is 0 Å². The minimum atomic E-state index is -0.787. The number of aliphatic hydroxyl groups is 1. The van der Waals surface area contributed by atoms with Gasteiger partial charge in [0.25, 0.3) is 0 Å². The Morgan fingerprint density at radius 2 is 1.70 bits per heavy atom. The van der Waals surface area contributed by atoms with Gasteiger partial charge in [-0.05, 0) is 41.5 Å². The summed E-state index contributed by atoms with van der Waals surface area (Å²) in [4.78, 5) is 0. The van der Waals surface area contributed by atoms with Crippen LogP contribution in [0.1, 0.15) is 17.2 Å². The molecular formula is C15H14BrClO3. The van der Waals surface area contributed by atoms with E-state index < -0.39 is 6.10 Å². The maximum Gasteiger partial charge on any atom is 0.161 e. The second-order valence-electron chi connectivity index (χ2n) is 4.22. The zero-order valence-corrected chi connectivity index (χ0v) is 13.4. The Labute approximate surface area is 131 Å². The molecule has 0 heterocycles. The predicted molar refractivity (Wildman–Crippen MR) is 82.8 cm³/mol. The highest BCUT2D eigenvalue weighted by Gasteiger charge is 2.14. The Hall–Kier alpha value is -1.23. The van der Waals surface area contributed by atoms with Crippen molar-refractivity contribution in [1.82, 2.24) is 0 Å². The fourth-order valence-electron chi connectivity index (χ4n) is 1.95. The number of ether oxygens (including phenoxy) is 2. The van der Waals surface area contributed by atoms with Gasteiger partial charge >= 0.3 is 0 Å². The number of aliphatic hydroxyl groups excluding tert-OH is 1. The zero-order chi connectivity index (χ0) is 14.7. The summed E-state index contributed by atoms with van der Waals surface area (Å²) >= 11 is 9.37. The van der Waals surface area contributed by atoms with Gasteiger partial charge in [-0.15, -0.1) is 0 Å². The fourth-order valence-corrected chi connectivity index (χ4v) is 2.83. The van der Waals surface area contributed by atoms with Gasteiger partial charge in [0.05, 0.1) is 14.2 Å². The SMILES string of the molecule is COc1ccc(C(O)c2cc(Cl)cc(Br)c2)cc1OC. The standard InChI is InChI=1S/C15H14BrClO3/c1-19-13-4-3-9(7-14(13)20-2)15(18)10-5-11(16)8-12(17)6-10/h3-8,15,18H,1-2H3. The Kier molecular flexibility index (Phi) is 4.91. The normalized spacial score (nSPS) is 12.1. The first-order chi connectivity index (χ1) is 9.55. The van der Waals surface area contributed by atoms with Crippen molar-refractivity contribution in [3.05, 3.63) is 57.0 Å². The average molecular weight is 358 g/mol. The first-order valence-electron chi connectivity index (χ1n) is 5.91. The summed E-state index contributed by atoms with van der Waals surface area (Å²) in [6.45, 7) is 0. The van der Waals surface area contributed by atoms with Gasteiger partial charge in [-0.3, -0.25) is 0 Å².